The zero-order chi connectivity index (χ0) is 24.4. The van der Waals surface area contributed by atoms with Crippen LogP contribution in [0.2, 0.25) is 5.02 Å². The second kappa shape index (κ2) is 10.2. The summed E-state index contributed by atoms with van der Waals surface area (Å²) in [6.07, 6.45) is 0. The van der Waals surface area contributed by atoms with Crippen LogP contribution in [-0.4, -0.2) is 47.1 Å². The van der Waals surface area contributed by atoms with Crippen LogP contribution in [-0.2, 0) is 0 Å². The summed E-state index contributed by atoms with van der Waals surface area (Å²) >= 11 is 7.42. The molecule has 2 heterocycles. The third kappa shape index (κ3) is 4.68. The van der Waals surface area contributed by atoms with E-state index in [9.17, 15) is 13.6 Å². The van der Waals surface area contributed by atoms with Crippen molar-refractivity contribution in [3.05, 3.63) is 64.4 Å². The number of carbonyl (C=O) groups excluding carboxylic acids is 1. The molecule has 10 heteroatoms. The number of hydrogen-bond donors (Lipinski definition) is 0. The van der Waals surface area contributed by atoms with Gasteiger partial charge < -0.3 is 9.42 Å². The lowest BCUT2D eigenvalue weighted by atomic mass is 10.1. The highest BCUT2D eigenvalue weighted by Crippen LogP contribution is 2.35. The molecule has 2 aromatic carbocycles. The minimum absolute atomic E-state index is 0.0235. The Balaban J connectivity index is 1.81. The molecule has 0 spiro atoms. The molecule has 0 unspecified atom stereocenters. The molecule has 0 fully saturated rings. The zero-order valence-corrected chi connectivity index (χ0v) is 20.5. The van der Waals surface area contributed by atoms with E-state index in [1.807, 2.05) is 13.8 Å². The zero-order valence-electron chi connectivity index (χ0n) is 18.9. The molecule has 0 N–H and O–H groups in total. The molecule has 0 atom stereocenters. The van der Waals surface area contributed by atoms with Crippen molar-refractivity contribution in [2.45, 2.75) is 20.8 Å². The number of aryl methyl sites for hydroxylation is 1. The van der Waals surface area contributed by atoms with E-state index in [0.717, 1.165) is 30.5 Å². The predicted molar refractivity (Wildman–Crippen MR) is 131 cm³/mol. The summed E-state index contributed by atoms with van der Waals surface area (Å²) in [5, 5.41) is 4.79. The van der Waals surface area contributed by atoms with Gasteiger partial charge in [-0.05, 0) is 32.1 Å². The second-order valence-corrected chi connectivity index (χ2v) is 9.07. The van der Waals surface area contributed by atoms with Crippen LogP contribution in [0.3, 0.4) is 0 Å². The minimum atomic E-state index is -0.772. The van der Waals surface area contributed by atoms with Crippen LogP contribution in [0.25, 0.3) is 21.5 Å². The Morgan fingerprint density at radius 3 is 2.59 bits per heavy atom. The van der Waals surface area contributed by atoms with Crippen LogP contribution in [0, 0.1) is 18.6 Å². The Kier molecular flexibility index (Phi) is 7.25. The van der Waals surface area contributed by atoms with Crippen molar-refractivity contribution in [2.24, 2.45) is 0 Å². The number of amides is 1. The Morgan fingerprint density at radius 1 is 1.15 bits per heavy atom. The van der Waals surface area contributed by atoms with Gasteiger partial charge in [-0.25, -0.2) is 13.8 Å². The first-order chi connectivity index (χ1) is 16.3. The first-order valence-corrected chi connectivity index (χ1v) is 12.0. The molecule has 0 aliphatic carbocycles. The molecule has 0 bridgehead atoms. The minimum Gasteiger partial charge on any atom is -0.360 e. The van der Waals surface area contributed by atoms with Crippen molar-refractivity contribution in [3.63, 3.8) is 0 Å². The Bertz CT molecular complexity index is 1340. The van der Waals surface area contributed by atoms with Crippen molar-refractivity contribution in [1.82, 2.24) is 15.0 Å². The first-order valence-electron chi connectivity index (χ1n) is 10.8. The third-order valence-electron chi connectivity index (χ3n) is 5.62. The largest absolute Gasteiger partial charge is 0.360 e. The monoisotopic (exact) mass is 504 g/mol. The molecule has 0 aliphatic rings. The van der Waals surface area contributed by atoms with Crippen LogP contribution >= 0.6 is 22.9 Å². The fraction of sp³-hybridized carbons (Fsp3) is 0.292. The summed E-state index contributed by atoms with van der Waals surface area (Å²) in [4.78, 5) is 21.9. The molecule has 0 saturated heterocycles. The lowest BCUT2D eigenvalue weighted by Crippen LogP contribution is -2.39. The molecular formula is C24H23ClF2N4O2S. The molecule has 0 aliphatic heterocycles. The number of aromatic nitrogens is 2. The lowest BCUT2D eigenvalue weighted by molar-refractivity contribution is 0.0983. The molecule has 6 nitrogen and oxygen atoms in total. The number of likely N-dealkylation sites (N-methyl/N-ethyl adjacent to an activating group) is 1. The maximum Gasteiger partial charge on any atom is 0.266 e. The summed E-state index contributed by atoms with van der Waals surface area (Å²) in [6, 6.07) is 9.04. The van der Waals surface area contributed by atoms with E-state index in [1.54, 1.807) is 31.2 Å². The highest BCUT2D eigenvalue weighted by molar-refractivity contribution is 7.22. The SMILES string of the molecule is CCN(CC)CCN(C(=O)c1c(-c2ccccc2Cl)noc1C)c1nc2c(F)cc(F)cc2s1. The molecule has 2 aromatic heterocycles. The van der Waals surface area contributed by atoms with Crippen LogP contribution in [0.5, 0.6) is 0 Å². The van der Waals surface area contributed by atoms with Gasteiger partial charge in [0.1, 0.15) is 28.4 Å². The fourth-order valence-corrected chi connectivity index (χ4v) is 4.98. The molecule has 34 heavy (non-hydrogen) atoms. The molecule has 4 rings (SSSR count). The summed E-state index contributed by atoms with van der Waals surface area (Å²) in [5.74, 6) is -1.55. The van der Waals surface area contributed by atoms with Gasteiger partial charge in [-0.1, -0.05) is 60.1 Å². The highest BCUT2D eigenvalue weighted by Gasteiger charge is 2.30. The van der Waals surface area contributed by atoms with E-state index in [1.165, 1.54) is 11.0 Å². The average molecular weight is 505 g/mol. The van der Waals surface area contributed by atoms with Gasteiger partial charge in [-0.2, -0.15) is 0 Å². The van der Waals surface area contributed by atoms with Gasteiger partial charge in [0.15, 0.2) is 10.9 Å². The number of anilines is 1. The standard InChI is InChI=1S/C24H23ClF2N4O2S/c1-4-30(5-2)10-11-31(24-28-22-18(27)12-15(26)13-19(22)34-24)23(32)20-14(3)33-29-21(20)16-8-6-7-9-17(16)25/h6-9,12-13H,4-5,10-11H2,1-3H3. The van der Waals surface area contributed by atoms with Gasteiger partial charge in [0.25, 0.3) is 5.91 Å². The van der Waals surface area contributed by atoms with Crippen LogP contribution in [0.15, 0.2) is 40.9 Å². The van der Waals surface area contributed by atoms with Crippen molar-refractivity contribution in [3.8, 4) is 11.3 Å². The van der Waals surface area contributed by atoms with Gasteiger partial charge in [0.05, 0.1) is 9.72 Å². The van der Waals surface area contributed by atoms with E-state index in [2.05, 4.69) is 15.0 Å². The van der Waals surface area contributed by atoms with E-state index in [0.29, 0.717) is 33.3 Å². The topological polar surface area (TPSA) is 62.5 Å². The summed E-state index contributed by atoms with van der Waals surface area (Å²) in [7, 11) is 0. The lowest BCUT2D eigenvalue weighted by Gasteiger charge is -2.24. The van der Waals surface area contributed by atoms with E-state index >= 15 is 0 Å². The number of hydrogen-bond acceptors (Lipinski definition) is 6. The van der Waals surface area contributed by atoms with Gasteiger partial charge in [-0.3, -0.25) is 9.69 Å². The van der Waals surface area contributed by atoms with Crippen molar-refractivity contribution >= 4 is 44.2 Å². The average Bonchev–Trinajstić information content (AvgIpc) is 3.40. The predicted octanol–water partition coefficient (Wildman–Crippen LogP) is 6.18. The Labute approximate surface area is 204 Å². The first kappa shape index (κ1) is 24.3. The number of halogens is 3. The normalized spacial score (nSPS) is 11.5. The van der Waals surface area contributed by atoms with Gasteiger partial charge in [0.2, 0.25) is 0 Å². The quantitative estimate of drug-likeness (QED) is 0.287. The highest BCUT2D eigenvalue weighted by atomic mass is 35.5. The van der Waals surface area contributed by atoms with Crippen LogP contribution in [0.4, 0.5) is 13.9 Å². The third-order valence-corrected chi connectivity index (χ3v) is 6.97. The molecular weight excluding hydrogens is 482 g/mol. The van der Waals surface area contributed by atoms with Crippen LogP contribution < -0.4 is 4.90 Å². The number of benzene rings is 2. The molecule has 178 valence electrons. The maximum atomic E-state index is 14.4. The smallest absolute Gasteiger partial charge is 0.266 e. The van der Waals surface area contributed by atoms with Crippen molar-refractivity contribution in [1.29, 1.82) is 0 Å². The number of nitrogens with zero attached hydrogens (tertiary/aromatic N) is 4. The Hall–Kier alpha value is -2.88. The van der Waals surface area contributed by atoms with Gasteiger partial charge in [-0.15, -0.1) is 0 Å². The van der Waals surface area contributed by atoms with Gasteiger partial charge >= 0.3 is 0 Å². The fourth-order valence-electron chi connectivity index (χ4n) is 3.72. The summed E-state index contributed by atoms with van der Waals surface area (Å²) < 4.78 is 33.9. The van der Waals surface area contributed by atoms with E-state index in [4.69, 9.17) is 16.1 Å². The molecule has 1 amide bonds. The van der Waals surface area contributed by atoms with E-state index < -0.39 is 17.5 Å². The number of fused-ring (bicyclic) bond motifs is 1. The molecule has 4 aromatic rings. The molecule has 0 saturated carbocycles. The van der Waals surface area contributed by atoms with Gasteiger partial charge in [0, 0.05) is 24.7 Å². The number of rotatable bonds is 8. The number of carbonyl (C=O) groups is 1. The summed E-state index contributed by atoms with van der Waals surface area (Å²) in [6.45, 7) is 8.17. The number of thiazole rings is 1. The maximum absolute atomic E-state index is 14.4. The summed E-state index contributed by atoms with van der Waals surface area (Å²) in [5.41, 5.74) is 1.15. The van der Waals surface area contributed by atoms with Crippen LogP contribution in [0.1, 0.15) is 30.0 Å². The molecule has 0 radical (unpaired) electrons. The van der Waals surface area contributed by atoms with E-state index in [-0.39, 0.29) is 22.8 Å². The second-order valence-electron chi connectivity index (χ2n) is 7.66. The van der Waals surface area contributed by atoms with Crippen molar-refractivity contribution in [2.75, 3.05) is 31.1 Å². The van der Waals surface area contributed by atoms with Crippen molar-refractivity contribution < 1.29 is 18.1 Å². The Morgan fingerprint density at radius 2 is 1.88 bits per heavy atom.